The summed E-state index contributed by atoms with van der Waals surface area (Å²) in [6, 6.07) is 12.9. The highest BCUT2D eigenvalue weighted by Crippen LogP contribution is 2.30. The van der Waals surface area contributed by atoms with Crippen LogP contribution in [0.1, 0.15) is 29.6 Å². The first kappa shape index (κ1) is 20.4. The summed E-state index contributed by atoms with van der Waals surface area (Å²) in [6.45, 7) is 0.375. The fraction of sp³-hybridized carbons (Fsp3) is 0.250. The van der Waals surface area contributed by atoms with E-state index in [9.17, 15) is 14.7 Å². The maximum Gasteiger partial charge on any atom is 0.260 e. The van der Waals surface area contributed by atoms with Gasteiger partial charge in [-0.15, -0.1) is 5.10 Å². The van der Waals surface area contributed by atoms with Crippen LogP contribution in [0.5, 0.6) is 5.75 Å². The highest BCUT2D eigenvalue weighted by molar-refractivity contribution is 8.00. The van der Waals surface area contributed by atoms with Gasteiger partial charge in [-0.3, -0.25) is 14.5 Å². The molecule has 1 N–H and O–H groups in total. The molecule has 0 spiro atoms. The molecule has 1 unspecified atom stereocenters. The van der Waals surface area contributed by atoms with E-state index in [1.165, 1.54) is 33.5 Å². The first-order chi connectivity index (χ1) is 14.5. The monoisotopic (exact) mass is 443 g/mol. The van der Waals surface area contributed by atoms with Crippen LogP contribution in [0.25, 0.3) is 5.69 Å². The standard InChI is InChI=1S/C20H18ClN5O3S/c21-14-6-4-13(5-7-14)18(28)25-12-2-1-3-17(19(25)29)30-20-22-23-24-26(20)15-8-10-16(27)11-9-15/h4-11,17,27H,1-3,12H2. The smallest absolute Gasteiger partial charge is 0.260 e. The molecular formula is C20H18ClN5O3S. The molecule has 0 aliphatic carbocycles. The summed E-state index contributed by atoms with van der Waals surface area (Å²) in [4.78, 5) is 27.4. The molecule has 1 aromatic heterocycles. The highest BCUT2D eigenvalue weighted by Gasteiger charge is 2.33. The fourth-order valence-corrected chi connectivity index (χ4v) is 4.42. The highest BCUT2D eigenvalue weighted by atomic mass is 35.5. The summed E-state index contributed by atoms with van der Waals surface area (Å²) in [5, 5.41) is 21.7. The van der Waals surface area contributed by atoms with Gasteiger partial charge in [0.15, 0.2) is 0 Å². The molecule has 0 saturated carbocycles. The fourth-order valence-electron chi connectivity index (χ4n) is 3.20. The van der Waals surface area contributed by atoms with Crippen molar-refractivity contribution in [2.75, 3.05) is 6.54 Å². The van der Waals surface area contributed by atoms with Crippen LogP contribution in [0.15, 0.2) is 53.7 Å². The summed E-state index contributed by atoms with van der Waals surface area (Å²) in [6.07, 6.45) is 2.18. The van der Waals surface area contributed by atoms with Crippen molar-refractivity contribution in [1.29, 1.82) is 0 Å². The molecule has 4 rings (SSSR count). The largest absolute Gasteiger partial charge is 0.508 e. The lowest BCUT2D eigenvalue weighted by atomic mass is 10.2. The molecular weight excluding hydrogens is 426 g/mol. The Bertz CT molecular complexity index is 1060. The van der Waals surface area contributed by atoms with Crippen LogP contribution in [-0.4, -0.2) is 53.8 Å². The number of aromatic hydroxyl groups is 1. The number of thioether (sulfide) groups is 1. The molecule has 1 aliphatic rings. The van der Waals surface area contributed by atoms with Gasteiger partial charge in [0, 0.05) is 17.1 Å². The zero-order valence-corrected chi connectivity index (χ0v) is 17.4. The van der Waals surface area contributed by atoms with Gasteiger partial charge in [-0.2, -0.15) is 4.68 Å². The Morgan fingerprint density at radius 1 is 1.10 bits per heavy atom. The maximum absolute atomic E-state index is 13.2. The van der Waals surface area contributed by atoms with Crippen molar-refractivity contribution in [1.82, 2.24) is 25.1 Å². The van der Waals surface area contributed by atoms with Gasteiger partial charge in [-0.25, -0.2) is 0 Å². The van der Waals surface area contributed by atoms with Crippen molar-refractivity contribution in [3.63, 3.8) is 0 Å². The molecule has 10 heteroatoms. The van der Waals surface area contributed by atoms with E-state index in [1.54, 1.807) is 36.4 Å². The molecule has 30 heavy (non-hydrogen) atoms. The van der Waals surface area contributed by atoms with Crippen LogP contribution in [0.4, 0.5) is 0 Å². The number of nitrogens with zero attached hydrogens (tertiary/aromatic N) is 5. The van der Waals surface area contributed by atoms with Crippen molar-refractivity contribution in [3.8, 4) is 11.4 Å². The number of phenols is 1. The Morgan fingerprint density at radius 2 is 1.83 bits per heavy atom. The van der Waals surface area contributed by atoms with Crippen LogP contribution in [0, 0.1) is 0 Å². The third-order valence-electron chi connectivity index (χ3n) is 4.76. The molecule has 1 atom stereocenters. The van der Waals surface area contributed by atoms with E-state index in [1.807, 2.05) is 0 Å². The molecule has 0 bridgehead atoms. The summed E-state index contributed by atoms with van der Waals surface area (Å²) in [5.74, 6) is -0.448. The van der Waals surface area contributed by atoms with Crippen molar-refractivity contribution in [2.24, 2.45) is 0 Å². The molecule has 2 aromatic carbocycles. The molecule has 2 amide bonds. The van der Waals surface area contributed by atoms with Gasteiger partial charge >= 0.3 is 0 Å². The zero-order chi connectivity index (χ0) is 21.1. The molecule has 1 fully saturated rings. The molecule has 8 nitrogen and oxygen atoms in total. The van der Waals surface area contributed by atoms with E-state index in [0.29, 0.717) is 34.4 Å². The number of benzene rings is 2. The van der Waals surface area contributed by atoms with Crippen LogP contribution in [0.3, 0.4) is 0 Å². The van der Waals surface area contributed by atoms with E-state index in [4.69, 9.17) is 11.6 Å². The van der Waals surface area contributed by atoms with Gasteiger partial charge in [0.05, 0.1) is 10.9 Å². The topological polar surface area (TPSA) is 101 Å². The second-order valence-corrected chi connectivity index (χ2v) is 8.40. The second kappa shape index (κ2) is 8.85. The van der Waals surface area contributed by atoms with E-state index < -0.39 is 5.25 Å². The first-order valence-electron chi connectivity index (χ1n) is 9.38. The number of hydrogen-bond donors (Lipinski definition) is 1. The molecule has 0 radical (unpaired) electrons. The molecule has 154 valence electrons. The number of carbonyl (C=O) groups is 2. The van der Waals surface area contributed by atoms with Gasteiger partial charge in [0.1, 0.15) is 5.75 Å². The Hall–Kier alpha value is -2.91. The normalized spacial score (nSPS) is 17.0. The third-order valence-corrected chi connectivity index (χ3v) is 6.20. The van der Waals surface area contributed by atoms with Crippen LogP contribution in [-0.2, 0) is 4.79 Å². The number of rotatable bonds is 4. The molecule has 3 aromatic rings. The average Bonchev–Trinajstić information content (AvgIpc) is 3.13. The predicted molar refractivity (Wildman–Crippen MR) is 112 cm³/mol. The van der Waals surface area contributed by atoms with E-state index in [0.717, 1.165) is 12.8 Å². The van der Waals surface area contributed by atoms with Crippen molar-refractivity contribution in [3.05, 3.63) is 59.1 Å². The lowest BCUT2D eigenvalue weighted by molar-refractivity contribution is -0.127. The van der Waals surface area contributed by atoms with Gasteiger partial charge in [-0.1, -0.05) is 29.8 Å². The number of carbonyl (C=O) groups excluding carboxylic acids is 2. The van der Waals surface area contributed by atoms with Crippen LogP contribution in [0.2, 0.25) is 5.02 Å². The maximum atomic E-state index is 13.2. The number of tetrazole rings is 1. The number of halogens is 1. The zero-order valence-electron chi connectivity index (χ0n) is 15.8. The minimum absolute atomic E-state index is 0.135. The number of hydrogen-bond acceptors (Lipinski definition) is 7. The minimum atomic E-state index is -0.481. The van der Waals surface area contributed by atoms with E-state index in [-0.39, 0.29) is 17.6 Å². The predicted octanol–water partition coefficient (Wildman–Crippen LogP) is 3.33. The van der Waals surface area contributed by atoms with Crippen molar-refractivity contribution in [2.45, 2.75) is 29.7 Å². The van der Waals surface area contributed by atoms with Crippen molar-refractivity contribution >= 4 is 35.2 Å². The first-order valence-corrected chi connectivity index (χ1v) is 10.6. The Kier molecular flexibility index (Phi) is 6.01. The number of likely N-dealkylation sites (tertiary alicyclic amines) is 1. The number of amides is 2. The van der Waals surface area contributed by atoms with Crippen LogP contribution < -0.4 is 0 Å². The number of phenolic OH excluding ortho intramolecular Hbond substituents is 1. The summed E-state index contributed by atoms with van der Waals surface area (Å²) in [5.41, 5.74) is 1.09. The van der Waals surface area contributed by atoms with Gasteiger partial charge in [0.25, 0.3) is 5.91 Å². The quantitative estimate of drug-likeness (QED) is 0.617. The van der Waals surface area contributed by atoms with Gasteiger partial charge in [-0.05, 0) is 71.8 Å². The Labute approximate surface area is 181 Å². The Morgan fingerprint density at radius 3 is 2.57 bits per heavy atom. The average molecular weight is 444 g/mol. The number of imide groups is 1. The SMILES string of the molecule is O=C(c1ccc(Cl)cc1)N1CCCCC(Sc2nnnn2-c2ccc(O)cc2)C1=O. The second-order valence-electron chi connectivity index (χ2n) is 6.79. The molecule has 1 aliphatic heterocycles. The lowest BCUT2D eigenvalue weighted by Crippen LogP contribution is -2.41. The van der Waals surface area contributed by atoms with Crippen LogP contribution >= 0.6 is 23.4 Å². The van der Waals surface area contributed by atoms with Gasteiger partial charge < -0.3 is 5.11 Å². The van der Waals surface area contributed by atoms with Crippen molar-refractivity contribution < 1.29 is 14.7 Å². The summed E-state index contributed by atoms with van der Waals surface area (Å²) < 4.78 is 1.51. The molecule has 2 heterocycles. The number of aromatic nitrogens is 4. The van der Waals surface area contributed by atoms with E-state index in [2.05, 4.69) is 15.5 Å². The summed E-state index contributed by atoms with van der Waals surface area (Å²) in [7, 11) is 0. The summed E-state index contributed by atoms with van der Waals surface area (Å²) >= 11 is 7.14. The van der Waals surface area contributed by atoms with Gasteiger partial charge in [0.2, 0.25) is 11.1 Å². The van der Waals surface area contributed by atoms with E-state index >= 15 is 0 Å². The lowest BCUT2D eigenvalue weighted by Gasteiger charge is -2.22. The Balaban J connectivity index is 1.55. The minimum Gasteiger partial charge on any atom is -0.508 e. The molecule has 1 saturated heterocycles. The third kappa shape index (κ3) is 4.31.